The first kappa shape index (κ1) is 18.8. The van der Waals surface area contributed by atoms with Crippen molar-refractivity contribution in [3.05, 3.63) is 41.6 Å². The van der Waals surface area contributed by atoms with Crippen LogP contribution in [0.1, 0.15) is 22.5 Å². The number of nitrogens with zero attached hydrogens (tertiary/aromatic N) is 2. The van der Waals surface area contributed by atoms with Gasteiger partial charge in [0.05, 0.1) is 11.3 Å². The van der Waals surface area contributed by atoms with Crippen molar-refractivity contribution in [2.45, 2.75) is 19.0 Å². The van der Waals surface area contributed by atoms with Crippen LogP contribution in [-0.2, 0) is 11.9 Å². The third-order valence-electron chi connectivity index (χ3n) is 3.07. The summed E-state index contributed by atoms with van der Waals surface area (Å²) in [7, 11) is 1.28. The van der Waals surface area contributed by atoms with Crippen LogP contribution in [0.2, 0.25) is 0 Å². The minimum atomic E-state index is -5.38. The lowest BCUT2D eigenvalue weighted by Gasteiger charge is -2.13. The monoisotopic (exact) mass is 367 g/mol. The maximum atomic E-state index is 13.1. The number of hydrogen-bond acceptors (Lipinski definition) is 3. The van der Waals surface area contributed by atoms with Crippen LogP contribution >= 0.6 is 0 Å². The van der Waals surface area contributed by atoms with Crippen molar-refractivity contribution in [3.8, 4) is 11.3 Å². The number of hydroxylamine groups is 1. The Kier molecular flexibility index (Phi) is 5.36. The molecule has 1 aromatic heterocycles. The molecule has 1 heterocycles. The SMILES string of the molecule is Cn1nc(C(F)F)c(C(=O)NOC(F)C(F)(F)F)c1-c1ccccc1. The van der Waals surface area contributed by atoms with E-state index in [9.17, 15) is 31.1 Å². The topological polar surface area (TPSA) is 56.2 Å². The molecule has 1 unspecified atom stereocenters. The molecule has 1 N–H and O–H groups in total. The van der Waals surface area contributed by atoms with Gasteiger partial charge < -0.3 is 0 Å². The summed E-state index contributed by atoms with van der Waals surface area (Å²) in [5, 5.41) is 3.52. The van der Waals surface area contributed by atoms with Crippen molar-refractivity contribution in [2.24, 2.45) is 7.05 Å². The van der Waals surface area contributed by atoms with Crippen LogP contribution < -0.4 is 5.48 Å². The third-order valence-corrected chi connectivity index (χ3v) is 3.07. The molecular weight excluding hydrogens is 356 g/mol. The lowest BCUT2D eigenvalue weighted by molar-refractivity contribution is -0.276. The van der Waals surface area contributed by atoms with Gasteiger partial charge in [-0.2, -0.15) is 18.3 Å². The number of aryl methyl sites for hydroxylation is 1. The van der Waals surface area contributed by atoms with E-state index in [1.54, 1.807) is 18.2 Å². The summed E-state index contributed by atoms with van der Waals surface area (Å²) in [5.74, 6) is -1.48. The summed E-state index contributed by atoms with van der Waals surface area (Å²) in [6.45, 7) is 0. The molecule has 0 aliphatic carbocycles. The van der Waals surface area contributed by atoms with E-state index in [2.05, 4.69) is 9.94 Å². The Morgan fingerprint density at radius 1 is 1.20 bits per heavy atom. The molecule has 0 aliphatic heterocycles. The largest absolute Gasteiger partial charge is 0.447 e. The molecule has 0 bridgehead atoms. The Hall–Kier alpha value is -2.56. The molecule has 0 saturated carbocycles. The van der Waals surface area contributed by atoms with Crippen molar-refractivity contribution < 1.29 is 36.0 Å². The van der Waals surface area contributed by atoms with Crippen molar-refractivity contribution in [1.82, 2.24) is 15.3 Å². The van der Waals surface area contributed by atoms with E-state index in [-0.39, 0.29) is 5.69 Å². The number of alkyl halides is 6. The number of benzene rings is 1. The highest BCUT2D eigenvalue weighted by Crippen LogP contribution is 2.31. The van der Waals surface area contributed by atoms with Crippen LogP contribution in [0.3, 0.4) is 0 Å². The molecule has 0 radical (unpaired) electrons. The second-order valence-electron chi connectivity index (χ2n) is 4.81. The first-order valence-corrected chi connectivity index (χ1v) is 6.70. The van der Waals surface area contributed by atoms with Gasteiger partial charge >= 0.3 is 12.5 Å². The molecule has 2 rings (SSSR count). The second-order valence-corrected chi connectivity index (χ2v) is 4.81. The highest BCUT2D eigenvalue weighted by Gasteiger charge is 2.42. The molecule has 1 atom stereocenters. The molecule has 0 saturated heterocycles. The Morgan fingerprint density at radius 2 is 1.80 bits per heavy atom. The fourth-order valence-electron chi connectivity index (χ4n) is 2.07. The first-order chi connectivity index (χ1) is 11.6. The molecule has 11 heteroatoms. The number of halogens is 6. The average molecular weight is 367 g/mol. The molecule has 25 heavy (non-hydrogen) atoms. The minimum absolute atomic E-state index is 0.0839. The predicted octanol–water partition coefficient (Wildman–Crippen LogP) is 3.54. The van der Waals surface area contributed by atoms with Gasteiger partial charge in [-0.1, -0.05) is 30.3 Å². The molecule has 0 spiro atoms. The van der Waals surface area contributed by atoms with Gasteiger partial charge in [0.1, 0.15) is 5.69 Å². The van der Waals surface area contributed by atoms with E-state index >= 15 is 0 Å². The standard InChI is InChI=1S/C14H11F6N3O2/c1-23-10(7-5-3-2-4-6-7)8(9(21-23)11(15)16)12(24)22-25-13(17)14(18,19)20/h2-6,11,13H,1H3,(H,22,24). The fraction of sp³-hybridized carbons (Fsp3) is 0.286. The zero-order chi connectivity index (χ0) is 18.8. The summed E-state index contributed by atoms with van der Waals surface area (Å²) >= 11 is 0. The summed E-state index contributed by atoms with van der Waals surface area (Å²) in [4.78, 5) is 15.6. The molecular formula is C14H11F6N3O2. The Balaban J connectivity index is 2.40. The molecule has 0 aliphatic rings. The van der Waals surface area contributed by atoms with E-state index in [1.165, 1.54) is 24.7 Å². The zero-order valence-electron chi connectivity index (χ0n) is 12.5. The van der Waals surface area contributed by atoms with Gasteiger partial charge in [0, 0.05) is 12.6 Å². The Labute approximate surface area is 137 Å². The van der Waals surface area contributed by atoms with Crippen LogP contribution in [-0.4, -0.2) is 28.2 Å². The minimum Gasteiger partial charge on any atom is -0.267 e. The fourth-order valence-corrected chi connectivity index (χ4v) is 2.07. The second kappa shape index (κ2) is 7.13. The number of rotatable bonds is 5. The molecule has 1 aromatic carbocycles. The van der Waals surface area contributed by atoms with Crippen LogP contribution in [0.4, 0.5) is 26.3 Å². The lowest BCUT2D eigenvalue weighted by Crippen LogP contribution is -2.36. The van der Waals surface area contributed by atoms with Gasteiger partial charge in [0.2, 0.25) is 0 Å². The Bertz CT molecular complexity index is 745. The Morgan fingerprint density at radius 3 is 2.32 bits per heavy atom. The van der Waals surface area contributed by atoms with Crippen molar-refractivity contribution in [2.75, 3.05) is 0 Å². The number of amides is 1. The van der Waals surface area contributed by atoms with E-state index in [0.29, 0.717) is 5.56 Å². The molecule has 136 valence electrons. The highest BCUT2D eigenvalue weighted by atomic mass is 19.4. The van der Waals surface area contributed by atoms with E-state index in [1.807, 2.05) is 0 Å². The van der Waals surface area contributed by atoms with E-state index in [0.717, 1.165) is 4.68 Å². The summed E-state index contributed by atoms with van der Waals surface area (Å²) < 4.78 is 76.2. The normalized spacial score (nSPS) is 13.1. The van der Waals surface area contributed by atoms with Gasteiger partial charge in [-0.15, -0.1) is 0 Å². The van der Waals surface area contributed by atoms with E-state index < -0.39 is 36.1 Å². The highest BCUT2D eigenvalue weighted by molar-refractivity contribution is 6.00. The number of carbonyl (C=O) groups is 1. The van der Waals surface area contributed by atoms with E-state index in [4.69, 9.17) is 0 Å². The quantitative estimate of drug-likeness (QED) is 0.650. The summed E-state index contributed by atoms with van der Waals surface area (Å²) in [6, 6.07) is 7.72. The van der Waals surface area contributed by atoms with Crippen LogP contribution in [0.5, 0.6) is 0 Å². The smallest absolute Gasteiger partial charge is 0.267 e. The molecule has 1 amide bonds. The van der Waals surface area contributed by atoms with Crippen molar-refractivity contribution in [3.63, 3.8) is 0 Å². The van der Waals surface area contributed by atoms with Crippen molar-refractivity contribution in [1.29, 1.82) is 0 Å². The average Bonchev–Trinajstić information content (AvgIpc) is 2.89. The molecule has 2 aromatic rings. The summed E-state index contributed by atoms with van der Waals surface area (Å²) in [5.41, 5.74) is -0.251. The molecule has 5 nitrogen and oxygen atoms in total. The number of nitrogens with one attached hydrogen (secondary N) is 1. The number of carbonyl (C=O) groups excluding carboxylic acids is 1. The third kappa shape index (κ3) is 4.10. The maximum Gasteiger partial charge on any atom is 0.447 e. The number of aromatic nitrogens is 2. The van der Waals surface area contributed by atoms with Gasteiger partial charge in [0.25, 0.3) is 12.3 Å². The van der Waals surface area contributed by atoms with Crippen LogP contribution in [0, 0.1) is 0 Å². The first-order valence-electron chi connectivity index (χ1n) is 6.70. The zero-order valence-corrected chi connectivity index (χ0v) is 12.5. The number of hydrogen-bond donors (Lipinski definition) is 1. The predicted molar refractivity (Wildman–Crippen MR) is 73.1 cm³/mol. The van der Waals surface area contributed by atoms with Crippen LogP contribution in [0.15, 0.2) is 30.3 Å². The molecule has 0 fully saturated rings. The summed E-state index contributed by atoms with van der Waals surface area (Å²) in [6.07, 6.45) is -12.4. The van der Waals surface area contributed by atoms with Crippen LogP contribution in [0.25, 0.3) is 11.3 Å². The lowest BCUT2D eigenvalue weighted by atomic mass is 10.1. The van der Waals surface area contributed by atoms with Gasteiger partial charge in [-0.05, 0) is 0 Å². The van der Waals surface area contributed by atoms with Gasteiger partial charge in [-0.3, -0.25) is 9.48 Å². The van der Waals surface area contributed by atoms with Gasteiger partial charge in [-0.25, -0.2) is 23.5 Å². The van der Waals surface area contributed by atoms with Crippen molar-refractivity contribution >= 4 is 5.91 Å². The van der Waals surface area contributed by atoms with Gasteiger partial charge in [0.15, 0.2) is 0 Å². The maximum absolute atomic E-state index is 13.1.